The standard InChI is InChI=1S/C17H15ClF2N4/c18-14-11(19)9-13-16(15(14)20)23-17(24-7-5-21-6-8-24)10-3-1-2-4-12(10)22-13/h1-4,9,21-22H,5-8H2. The van der Waals surface area contributed by atoms with Crippen LogP contribution in [0, 0.1) is 11.6 Å². The molecule has 0 aliphatic carbocycles. The lowest BCUT2D eigenvalue weighted by molar-refractivity contribution is 0.358. The Balaban J connectivity index is 1.94. The first-order chi connectivity index (χ1) is 11.6. The van der Waals surface area contributed by atoms with Crippen molar-refractivity contribution in [2.45, 2.75) is 0 Å². The number of piperazine rings is 1. The number of amidine groups is 1. The molecule has 2 aliphatic heterocycles. The molecule has 0 amide bonds. The zero-order valence-corrected chi connectivity index (χ0v) is 13.5. The van der Waals surface area contributed by atoms with E-state index in [-0.39, 0.29) is 11.4 Å². The second kappa shape index (κ2) is 6.03. The third-order valence-electron chi connectivity index (χ3n) is 4.21. The van der Waals surface area contributed by atoms with Crippen molar-refractivity contribution in [3.63, 3.8) is 0 Å². The van der Waals surface area contributed by atoms with Gasteiger partial charge in [-0.1, -0.05) is 23.7 Å². The molecule has 24 heavy (non-hydrogen) atoms. The van der Waals surface area contributed by atoms with Gasteiger partial charge in [-0.25, -0.2) is 13.8 Å². The van der Waals surface area contributed by atoms with Gasteiger partial charge in [0, 0.05) is 43.5 Å². The monoisotopic (exact) mass is 348 g/mol. The summed E-state index contributed by atoms with van der Waals surface area (Å²) in [6.07, 6.45) is 0. The number of rotatable bonds is 0. The van der Waals surface area contributed by atoms with Gasteiger partial charge >= 0.3 is 0 Å². The summed E-state index contributed by atoms with van der Waals surface area (Å²) in [5.41, 5.74) is 1.92. The van der Waals surface area contributed by atoms with E-state index < -0.39 is 16.7 Å². The van der Waals surface area contributed by atoms with Crippen LogP contribution in [0.5, 0.6) is 0 Å². The second-order valence-electron chi connectivity index (χ2n) is 5.73. The van der Waals surface area contributed by atoms with Crippen LogP contribution in [0.15, 0.2) is 35.3 Å². The zero-order valence-electron chi connectivity index (χ0n) is 12.7. The highest BCUT2D eigenvalue weighted by atomic mass is 35.5. The summed E-state index contributed by atoms with van der Waals surface area (Å²) < 4.78 is 28.4. The third kappa shape index (κ3) is 2.52. The highest BCUT2D eigenvalue weighted by Gasteiger charge is 2.26. The van der Waals surface area contributed by atoms with Gasteiger partial charge in [0.1, 0.15) is 22.4 Å². The van der Waals surface area contributed by atoms with Crippen molar-refractivity contribution in [3.8, 4) is 0 Å². The normalized spacial score (nSPS) is 16.6. The van der Waals surface area contributed by atoms with E-state index in [1.54, 1.807) is 0 Å². The molecule has 7 heteroatoms. The van der Waals surface area contributed by atoms with E-state index in [2.05, 4.69) is 20.5 Å². The fraction of sp³-hybridized carbons (Fsp3) is 0.235. The van der Waals surface area contributed by atoms with Crippen molar-refractivity contribution >= 4 is 34.5 Å². The molecule has 4 nitrogen and oxygen atoms in total. The Bertz CT molecular complexity index is 832. The molecule has 2 aliphatic rings. The number of hydrogen-bond donors (Lipinski definition) is 2. The van der Waals surface area contributed by atoms with Gasteiger partial charge < -0.3 is 15.5 Å². The molecule has 2 aromatic carbocycles. The van der Waals surface area contributed by atoms with Crippen molar-refractivity contribution in [1.29, 1.82) is 0 Å². The molecule has 2 aromatic rings. The average Bonchev–Trinajstić information content (AvgIpc) is 2.77. The van der Waals surface area contributed by atoms with E-state index in [1.165, 1.54) is 6.07 Å². The number of benzene rings is 2. The predicted octanol–water partition coefficient (Wildman–Crippen LogP) is 3.66. The van der Waals surface area contributed by atoms with Gasteiger partial charge in [-0.05, 0) is 12.1 Å². The van der Waals surface area contributed by atoms with Gasteiger partial charge in [0.15, 0.2) is 5.82 Å². The van der Waals surface area contributed by atoms with Crippen molar-refractivity contribution in [1.82, 2.24) is 10.2 Å². The molecular formula is C17H15ClF2N4. The summed E-state index contributed by atoms with van der Waals surface area (Å²) in [4.78, 5) is 6.63. The molecule has 0 unspecified atom stereocenters. The van der Waals surface area contributed by atoms with Gasteiger partial charge in [0.2, 0.25) is 0 Å². The smallest absolute Gasteiger partial charge is 0.172 e. The summed E-state index contributed by atoms with van der Waals surface area (Å²) in [7, 11) is 0. The lowest BCUT2D eigenvalue weighted by Gasteiger charge is -2.30. The van der Waals surface area contributed by atoms with Crippen LogP contribution in [0.25, 0.3) is 0 Å². The van der Waals surface area contributed by atoms with Gasteiger partial charge in [0.05, 0.1) is 5.69 Å². The molecule has 1 saturated heterocycles. The highest BCUT2D eigenvalue weighted by Crippen LogP contribution is 2.40. The fourth-order valence-electron chi connectivity index (χ4n) is 3.01. The van der Waals surface area contributed by atoms with Crippen LogP contribution in [0.3, 0.4) is 0 Å². The quantitative estimate of drug-likeness (QED) is 0.714. The van der Waals surface area contributed by atoms with Gasteiger partial charge in [-0.15, -0.1) is 0 Å². The second-order valence-corrected chi connectivity index (χ2v) is 6.10. The zero-order chi connectivity index (χ0) is 16.7. The van der Waals surface area contributed by atoms with Gasteiger partial charge in [-0.2, -0.15) is 0 Å². The minimum absolute atomic E-state index is 0.0335. The number of para-hydroxylation sites is 1. The number of hydrogen-bond acceptors (Lipinski definition) is 4. The summed E-state index contributed by atoms with van der Waals surface area (Å²) in [5, 5.41) is 5.83. The molecule has 1 fully saturated rings. The minimum Gasteiger partial charge on any atom is -0.353 e. The summed E-state index contributed by atoms with van der Waals surface area (Å²) in [6.45, 7) is 3.18. The summed E-state index contributed by atoms with van der Waals surface area (Å²) in [6, 6.07) is 8.74. The Morgan fingerprint density at radius 3 is 2.62 bits per heavy atom. The number of aliphatic imine (C=N–C) groups is 1. The maximum Gasteiger partial charge on any atom is 0.172 e. The van der Waals surface area contributed by atoms with Crippen LogP contribution in [-0.2, 0) is 0 Å². The minimum atomic E-state index is -0.848. The fourth-order valence-corrected chi connectivity index (χ4v) is 3.15. The molecule has 4 rings (SSSR count). The first-order valence-electron chi connectivity index (χ1n) is 7.73. The Kier molecular flexibility index (Phi) is 3.86. The van der Waals surface area contributed by atoms with Crippen molar-refractivity contribution < 1.29 is 8.78 Å². The largest absolute Gasteiger partial charge is 0.353 e. The molecule has 0 atom stereocenters. The van der Waals surface area contributed by atoms with Crippen molar-refractivity contribution in [2.24, 2.45) is 4.99 Å². The molecule has 0 aromatic heterocycles. The topological polar surface area (TPSA) is 39.7 Å². The van der Waals surface area contributed by atoms with E-state index >= 15 is 0 Å². The van der Waals surface area contributed by atoms with Crippen LogP contribution >= 0.6 is 11.6 Å². The van der Waals surface area contributed by atoms with Crippen molar-refractivity contribution in [3.05, 3.63) is 52.6 Å². The van der Waals surface area contributed by atoms with Crippen LogP contribution in [0.4, 0.5) is 25.8 Å². The molecule has 124 valence electrons. The van der Waals surface area contributed by atoms with Crippen LogP contribution in [-0.4, -0.2) is 36.9 Å². The van der Waals surface area contributed by atoms with E-state index in [0.717, 1.165) is 37.4 Å². The average molecular weight is 349 g/mol. The predicted molar refractivity (Wildman–Crippen MR) is 91.7 cm³/mol. The molecule has 2 heterocycles. The molecule has 0 radical (unpaired) electrons. The Hall–Kier alpha value is -2.18. The molecule has 0 bridgehead atoms. The van der Waals surface area contributed by atoms with E-state index in [4.69, 9.17) is 11.6 Å². The molecule has 0 spiro atoms. The first kappa shape index (κ1) is 15.4. The van der Waals surface area contributed by atoms with Crippen LogP contribution in [0.2, 0.25) is 5.02 Å². The van der Waals surface area contributed by atoms with Gasteiger partial charge in [-0.3, -0.25) is 0 Å². The number of halogens is 3. The van der Waals surface area contributed by atoms with E-state index in [9.17, 15) is 8.78 Å². The van der Waals surface area contributed by atoms with Crippen LogP contribution < -0.4 is 10.6 Å². The Morgan fingerprint density at radius 1 is 1.08 bits per heavy atom. The highest BCUT2D eigenvalue weighted by molar-refractivity contribution is 6.31. The lowest BCUT2D eigenvalue weighted by atomic mass is 10.1. The Labute approximate surface area is 143 Å². The first-order valence-corrected chi connectivity index (χ1v) is 8.11. The lowest BCUT2D eigenvalue weighted by Crippen LogP contribution is -2.46. The summed E-state index contributed by atoms with van der Waals surface area (Å²) in [5.74, 6) is -0.988. The summed E-state index contributed by atoms with van der Waals surface area (Å²) >= 11 is 5.74. The third-order valence-corrected chi connectivity index (χ3v) is 4.55. The molecule has 2 N–H and O–H groups in total. The van der Waals surface area contributed by atoms with E-state index in [0.29, 0.717) is 5.84 Å². The number of anilines is 2. The maximum atomic E-state index is 14.5. The number of nitrogens with one attached hydrogen (secondary N) is 2. The molecular weight excluding hydrogens is 334 g/mol. The maximum absolute atomic E-state index is 14.5. The Morgan fingerprint density at radius 2 is 1.83 bits per heavy atom. The number of fused-ring (bicyclic) bond motifs is 2. The van der Waals surface area contributed by atoms with Crippen LogP contribution in [0.1, 0.15) is 5.56 Å². The van der Waals surface area contributed by atoms with Gasteiger partial charge in [0.25, 0.3) is 0 Å². The molecule has 0 saturated carbocycles. The van der Waals surface area contributed by atoms with Crippen molar-refractivity contribution in [2.75, 3.05) is 31.5 Å². The number of nitrogens with zero attached hydrogens (tertiary/aromatic N) is 2. The SMILES string of the molecule is Fc1cc2c(c(F)c1Cl)N=C(N1CCNCC1)c1ccccc1N2. The van der Waals surface area contributed by atoms with E-state index in [1.807, 2.05) is 24.3 Å².